The molecule has 7 heteroatoms. The molecule has 3 N–H and O–H groups in total. The Morgan fingerprint density at radius 2 is 1.75 bits per heavy atom. The Balaban J connectivity index is 0.000000370. The van der Waals surface area contributed by atoms with Gasteiger partial charge in [-0.25, -0.2) is 0 Å². The number of hydrogen-bond donors (Lipinski definition) is 3. The molecule has 114 valence electrons. The van der Waals surface area contributed by atoms with Crippen LogP contribution in [0.2, 0.25) is 0 Å². The quantitative estimate of drug-likeness (QED) is 0.713. The maximum Gasteiger partial charge on any atom is 0.317 e. The molecule has 0 bridgehead atoms. The smallest absolute Gasteiger partial charge is 0.317 e. The summed E-state index contributed by atoms with van der Waals surface area (Å²) < 4.78 is 29.6. The van der Waals surface area contributed by atoms with Crippen LogP contribution in [0.4, 0.5) is 0 Å². The topological polar surface area (TPSA) is 104 Å². The Hall–Kier alpha value is -1.44. The zero-order chi connectivity index (χ0) is 15.8. The van der Waals surface area contributed by atoms with Gasteiger partial charge in [-0.2, -0.15) is 8.42 Å². The molecule has 0 atom stereocenters. The molecule has 0 amide bonds. The lowest BCUT2D eigenvalue weighted by Gasteiger charge is -2.02. The molecule has 0 aliphatic carbocycles. The summed E-state index contributed by atoms with van der Waals surface area (Å²) in [5.41, 5.74) is 0.956. The first-order valence-corrected chi connectivity index (χ1v) is 7.53. The Morgan fingerprint density at radius 3 is 2.10 bits per heavy atom. The number of carboxylic acid groups (broad SMARTS) is 1. The van der Waals surface area contributed by atoms with Crippen molar-refractivity contribution in [2.45, 2.75) is 25.7 Å². The van der Waals surface area contributed by atoms with Crippen molar-refractivity contribution in [3.8, 4) is 0 Å². The van der Waals surface area contributed by atoms with Gasteiger partial charge in [-0.3, -0.25) is 9.35 Å². The highest BCUT2D eigenvalue weighted by atomic mass is 32.2. The third-order valence-corrected chi connectivity index (χ3v) is 3.02. The fourth-order valence-corrected chi connectivity index (χ4v) is 1.66. The Bertz CT molecular complexity index is 508. The van der Waals surface area contributed by atoms with Crippen LogP contribution in [-0.2, 0) is 14.9 Å². The maximum absolute atomic E-state index is 10.5. The van der Waals surface area contributed by atoms with Gasteiger partial charge in [0.1, 0.15) is 0 Å². The number of hydrogen-bond acceptors (Lipinski definition) is 4. The van der Waals surface area contributed by atoms with Crippen LogP contribution in [-0.4, -0.2) is 37.1 Å². The van der Waals surface area contributed by atoms with Gasteiger partial charge in [0.05, 0.1) is 11.4 Å². The fourth-order valence-electron chi connectivity index (χ4n) is 1.18. The zero-order valence-corrected chi connectivity index (χ0v) is 12.6. The largest absolute Gasteiger partial charge is 0.480 e. The van der Waals surface area contributed by atoms with Crippen molar-refractivity contribution >= 4 is 16.1 Å². The van der Waals surface area contributed by atoms with Crippen molar-refractivity contribution < 1.29 is 22.9 Å². The average Bonchev–Trinajstić information content (AvgIpc) is 2.28. The van der Waals surface area contributed by atoms with E-state index in [1.807, 2.05) is 20.8 Å². The summed E-state index contributed by atoms with van der Waals surface area (Å²) in [6, 6.07) is 5.99. The van der Waals surface area contributed by atoms with Gasteiger partial charge in [-0.05, 0) is 31.5 Å². The molecule has 0 fully saturated rings. The van der Waals surface area contributed by atoms with Gasteiger partial charge in [0.15, 0.2) is 0 Å². The molecule has 0 aliphatic rings. The van der Waals surface area contributed by atoms with E-state index >= 15 is 0 Å². The summed E-state index contributed by atoms with van der Waals surface area (Å²) in [5.74, 6) is -0.278. The minimum absolute atomic E-state index is 0.0666. The third-order valence-electron chi connectivity index (χ3n) is 2.15. The monoisotopic (exact) mass is 303 g/mol. The molecule has 0 saturated carbocycles. The van der Waals surface area contributed by atoms with Gasteiger partial charge >= 0.3 is 5.97 Å². The second-order valence-corrected chi connectivity index (χ2v) is 6.13. The first-order chi connectivity index (χ1) is 9.12. The minimum atomic E-state index is -4.02. The summed E-state index contributed by atoms with van der Waals surface area (Å²) in [4.78, 5) is 9.85. The summed E-state index contributed by atoms with van der Waals surface area (Å²) in [7, 11) is -4.02. The van der Waals surface area contributed by atoms with Crippen LogP contribution in [0.25, 0.3) is 0 Å². The predicted octanol–water partition coefficient (Wildman–Crippen LogP) is 1.56. The van der Waals surface area contributed by atoms with Gasteiger partial charge in [0.25, 0.3) is 10.1 Å². The molecule has 1 aromatic rings. The highest BCUT2D eigenvalue weighted by molar-refractivity contribution is 7.85. The van der Waals surface area contributed by atoms with E-state index in [4.69, 9.17) is 9.66 Å². The molecule has 1 aromatic carbocycles. The predicted molar refractivity (Wildman–Crippen MR) is 76.3 cm³/mol. The Morgan fingerprint density at radius 1 is 1.25 bits per heavy atom. The zero-order valence-electron chi connectivity index (χ0n) is 11.8. The number of carbonyl (C=O) groups is 1. The van der Waals surface area contributed by atoms with E-state index in [0.29, 0.717) is 5.92 Å². The van der Waals surface area contributed by atoms with Gasteiger partial charge in [0, 0.05) is 0 Å². The number of carboxylic acids is 1. The molecular formula is C13H21NO5S. The number of aliphatic carboxylic acids is 1. The summed E-state index contributed by atoms with van der Waals surface area (Å²) in [6.07, 6.45) is 0. The van der Waals surface area contributed by atoms with Crippen molar-refractivity contribution in [1.82, 2.24) is 5.32 Å². The molecule has 6 nitrogen and oxygen atoms in total. The normalized spacial score (nSPS) is 10.8. The van der Waals surface area contributed by atoms with Crippen molar-refractivity contribution in [2.75, 3.05) is 13.1 Å². The standard InChI is InChI=1S/C7H8O3S.C6H13NO2/c1-6-2-4-7(5-3-6)11(8,9)10;1-5(2)3-7-4-6(8)9/h2-5H,1H3,(H,8,9,10);5,7H,3-4H2,1-2H3,(H,8,9). The van der Waals surface area contributed by atoms with Crippen molar-refractivity contribution in [2.24, 2.45) is 5.92 Å². The van der Waals surface area contributed by atoms with E-state index in [9.17, 15) is 13.2 Å². The van der Waals surface area contributed by atoms with Gasteiger partial charge < -0.3 is 10.4 Å². The number of rotatable bonds is 5. The lowest BCUT2D eigenvalue weighted by Crippen LogP contribution is -2.26. The van der Waals surface area contributed by atoms with Crippen molar-refractivity contribution in [3.05, 3.63) is 29.8 Å². The van der Waals surface area contributed by atoms with Crippen LogP contribution in [0.15, 0.2) is 29.2 Å². The Labute approximate surface area is 119 Å². The van der Waals surface area contributed by atoms with E-state index < -0.39 is 16.1 Å². The molecule has 1 rings (SSSR count). The van der Waals surface area contributed by atoms with Gasteiger partial charge in [-0.15, -0.1) is 0 Å². The lowest BCUT2D eigenvalue weighted by atomic mass is 10.2. The second kappa shape index (κ2) is 8.68. The van der Waals surface area contributed by atoms with Crippen LogP contribution >= 0.6 is 0 Å². The van der Waals surface area contributed by atoms with E-state index in [0.717, 1.165) is 12.1 Å². The molecule has 0 radical (unpaired) electrons. The molecule has 0 unspecified atom stereocenters. The molecule has 0 aromatic heterocycles. The number of aryl methyl sites for hydroxylation is 1. The highest BCUT2D eigenvalue weighted by Gasteiger charge is 2.06. The summed E-state index contributed by atoms with van der Waals surface area (Å²) in [5, 5.41) is 10.9. The van der Waals surface area contributed by atoms with Crippen LogP contribution in [0.5, 0.6) is 0 Å². The SMILES string of the molecule is CC(C)CNCC(=O)O.Cc1ccc(S(=O)(=O)O)cc1. The minimum Gasteiger partial charge on any atom is -0.480 e. The fraction of sp³-hybridized carbons (Fsp3) is 0.462. The van der Waals surface area contributed by atoms with Gasteiger partial charge in [-0.1, -0.05) is 31.5 Å². The van der Waals surface area contributed by atoms with E-state index in [-0.39, 0.29) is 11.4 Å². The highest BCUT2D eigenvalue weighted by Crippen LogP contribution is 2.08. The third kappa shape index (κ3) is 9.48. The van der Waals surface area contributed by atoms with E-state index in [1.165, 1.54) is 12.1 Å². The molecule has 0 heterocycles. The van der Waals surface area contributed by atoms with Gasteiger partial charge in [0.2, 0.25) is 0 Å². The van der Waals surface area contributed by atoms with Crippen molar-refractivity contribution in [1.29, 1.82) is 0 Å². The molecule has 0 spiro atoms. The van der Waals surface area contributed by atoms with Crippen LogP contribution in [0.3, 0.4) is 0 Å². The summed E-state index contributed by atoms with van der Waals surface area (Å²) >= 11 is 0. The second-order valence-electron chi connectivity index (χ2n) is 4.71. The van der Waals surface area contributed by atoms with Crippen LogP contribution in [0, 0.1) is 12.8 Å². The van der Waals surface area contributed by atoms with Crippen LogP contribution in [0.1, 0.15) is 19.4 Å². The first-order valence-electron chi connectivity index (χ1n) is 6.09. The summed E-state index contributed by atoms with van der Waals surface area (Å²) in [6.45, 7) is 6.75. The molecule has 0 saturated heterocycles. The first kappa shape index (κ1) is 18.6. The lowest BCUT2D eigenvalue weighted by molar-refractivity contribution is -0.135. The molecular weight excluding hydrogens is 282 g/mol. The Kier molecular flexibility index (Phi) is 8.05. The number of nitrogens with one attached hydrogen (secondary N) is 1. The van der Waals surface area contributed by atoms with E-state index in [1.54, 1.807) is 12.1 Å². The average molecular weight is 303 g/mol. The van der Waals surface area contributed by atoms with E-state index in [2.05, 4.69) is 5.32 Å². The number of benzene rings is 1. The van der Waals surface area contributed by atoms with Crippen LogP contribution < -0.4 is 5.32 Å². The molecule has 20 heavy (non-hydrogen) atoms. The maximum atomic E-state index is 10.5. The van der Waals surface area contributed by atoms with Crippen molar-refractivity contribution in [3.63, 3.8) is 0 Å². The molecule has 0 aliphatic heterocycles.